The molecule has 1 aliphatic heterocycles. The Morgan fingerprint density at radius 3 is 1.66 bits per heavy atom. The normalized spacial score (nSPS) is 16.3. The van der Waals surface area contributed by atoms with Gasteiger partial charge in [0.2, 0.25) is 0 Å². The zero-order chi connectivity index (χ0) is 22.0. The summed E-state index contributed by atoms with van der Waals surface area (Å²) in [6.45, 7) is 0.605. The van der Waals surface area contributed by atoms with Gasteiger partial charge in [0.25, 0.3) is 5.91 Å². The average molecular weight is 459 g/mol. The van der Waals surface area contributed by atoms with Crippen LogP contribution in [0.1, 0.15) is 6.42 Å². The molecule has 1 atom stereocenters. The predicted octanol–water partition coefficient (Wildman–Crippen LogP) is 4.23. The van der Waals surface area contributed by atoms with E-state index in [4.69, 9.17) is 11.6 Å². The standard InChI is InChI=1S/C26H22ClN3OP/c27-24-16-17-25(29-28-24)30-19-18-23(26(30)31)32(20-10-4-1-5-11-20,21-12-6-2-7-13-21)22-14-8-3-9-15-22/h1-17,23H,18-19H2/q+1/t23-/m1/s1. The van der Waals surface area contributed by atoms with Gasteiger partial charge in [0, 0.05) is 13.0 Å². The number of hydrogen-bond acceptors (Lipinski definition) is 3. The Balaban J connectivity index is 1.72. The number of halogens is 1. The molecule has 5 rings (SSSR count). The minimum atomic E-state index is -2.29. The van der Waals surface area contributed by atoms with Gasteiger partial charge >= 0.3 is 0 Å². The van der Waals surface area contributed by atoms with Crippen LogP contribution in [0.3, 0.4) is 0 Å². The first-order chi connectivity index (χ1) is 15.7. The fraction of sp³-hybridized carbons (Fsp3) is 0.115. The molecule has 1 aliphatic rings. The highest BCUT2D eigenvalue weighted by Crippen LogP contribution is 2.62. The summed E-state index contributed by atoms with van der Waals surface area (Å²) >= 11 is 5.92. The molecular weight excluding hydrogens is 437 g/mol. The number of nitrogens with zero attached hydrogens (tertiary/aromatic N) is 3. The minimum Gasteiger partial charge on any atom is -0.292 e. The van der Waals surface area contributed by atoms with Gasteiger partial charge in [-0.15, -0.1) is 10.2 Å². The number of aromatic nitrogens is 2. The summed E-state index contributed by atoms with van der Waals surface area (Å²) in [5.74, 6) is 0.640. The first-order valence-electron chi connectivity index (χ1n) is 10.6. The van der Waals surface area contributed by atoms with Crippen molar-refractivity contribution >= 4 is 46.5 Å². The summed E-state index contributed by atoms with van der Waals surface area (Å²) in [4.78, 5) is 15.8. The predicted molar refractivity (Wildman–Crippen MR) is 133 cm³/mol. The topological polar surface area (TPSA) is 46.1 Å². The van der Waals surface area contributed by atoms with Gasteiger partial charge in [0.1, 0.15) is 23.2 Å². The van der Waals surface area contributed by atoms with E-state index in [0.29, 0.717) is 17.5 Å². The summed E-state index contributed by atoms with van der Waals surface area (Å²) in [5.41, 5.74) is -0.188. The molecule has 3 aromatic carbocycles. The second-order valence-corrected chi connectivity index (χ2v) is 11.7. The number of amides is 1. The van der Waals surface area contributed by atoms with E-state index >= 15 is 0 Å². The average Bonchev–Trinajstić information content (AvgIpc) is 3.24. The summed E-state index contributed by atoms with van der Waals surface area (Å²) < 4.78 is 0. The molecule has 0 aliphatic carbocycles. The molecule has 6 heteroatoms. The second-order valence-electron chi connectivity index (χ2n) is 7.74. The Labute approximate surface area is 193 Å². The number of anilines is 1. The maximum atomic E-state index is 14.0. The van der Waals surface area contributed by atoms with Gasteiger partial charge in [0.15, 0.2) is 16.6 Å². The van der Waals surface area contributed by atoms with Crippen molar-refractivity contribution in [3.05, 3.63) is 108 Å². The molecule has 0 radical (unpaired) electrons. The summed E-state index contributed by atoms with van der Waals surface area (Å²) in [6.07, 6.45) is 0.746. The van der Waals surface area contributed by atoms with Crippen LogP contribution in [0, 0.1) is 0 Å². The van der Waals surface area contributed by atoms with Crippen LogP contribution in [0.4, 0.5) is 5.82 Å². The van der Waals surface area contributed by atoms with Crippen LogP contribution in [0.15, 0.2) is 103 Å². The van der Waals surface area contributed by atoms with E-state index in [-0.39, 0.29) is 11.6 Å². The smallest absolute Gasteiger partial charge is 0.270 e. The van der Waals surface area contributed by atoms with E-state index < -0.39 is 7.26 Å². The van der Waals surface area contributed by atoms with Crippen LogP contribution < -0.4 is 20.8 Å². The van der Waals surface area contributed by atoms with E-state index in [0.717, 1.165) is 6.42 Å². The molecule has 1 amide bonds. The highest BCUT2D eigenvalue weighted by Gasteiger charge is 2.58. The van der Waals surface area contributed by atoms with Gasteiger partial charge in [0.05, 0.1) is 0 Å². The Kier molecular flexibility index (Phi) is 5.73. The lowest BCUT2D eigenvalue weighted by atomic mass is 10.3. The number of carbonyl (C=O) groups is 1. The van der Waals surface area contributed by atoms with Gasteiger partial charge in [-0.1, -0.05) is 66.2 Å². The second kappa shape index (κ2) is 8.82. The maximum absolute atomic E-state index is 14.0. The molecule has 0 unspecified atom stereocenters. The van der Waals surface area contributed by atoms with Crippen molar-refractivity contribution in [3.63, 3.8) is 0 Å². The molecular formula is C26H22ClN3OP+. The van der Waals surface area contributed by atoms with Crippen LogP contribution in [0.5, 0.6) is 0 Å². The molecule has 4 aromatic rings. The Morgan fingerprint density at radius 1 is 0.719 bits per heavy atom. The highest BCUT2D eigenvalue weighted by molar-refractivity contribution is 7.97. The van der Waals surface area contributed by atoms with E-state index in [9.17, 15) is 4.79 Å². The summed E-state index contributed by atoms with van der Waals surface area (Å²) in [6, 6.07) is 35.0. The van der Waals surface area contributed by atoms with Gasteiger partial charge < -0.3 is 0 Å². The van der Waals surface area contributed by atoms with Gasteiger partial charge in [-0.3, -0.25) is 9.69 Å². The molecule has 1 fully saturated rings. The van der Waals surface area contributed by atoms with Crippen molar-refractivity contribution in [1.82, 2.24) is 10.2 Å². The molecule has 0 N–H and O–H groups in total. The van der Waals surface area contributed by atoms with Crippen molar-refractivity contribution in [2.75, 3.05) is 11.4 Å². The number of rotatable bonds is 5. The molecule has 32 heavy (non-hydrogen) atoms. The maximum Gasteiger partial charge on any atom is 0.270 e. The quantitative estimate of drug-likeness (QED) is 0.420. The lowest BCUT2D eigenvalue weighted by Crippen LogP contribution is -2.43. The Morgan fingerprint density at radius 2 is 1.22 bits per heavy atom. The first-order valence-corrected chi connectivity index (χ1v) is 12.8. The monoisotopic (exact) mass is 458 g/mol. The van der Waals surface area contributed by atoms with Crippen LogP contribution in [0.25, 0.3) is 0 Å². The van der Waals surface area contributed by atoms with Crippen molar-refractivity contribution in [3.8, 4) is 0 Å². The number of carbonyl (C=O) groups excluding carboxylic acids is 1. The largest absolute Gasteiger partial charge is 0.292 e. The van der Waals surface area contributed by atoms with Crippen molar-refractivity contribution in [1.29, 1.82) is 0 Å². The Bertz CT molecular complexity index is 1110. The molecule has 1 saturated heterocycles. The fourth-order valence-corrected chi connectivity index (χ4v) is 9.66. The SMILES string of the molecule is O=C1[C@H]([P+](c2ccccc2)(c2ccccc2)c2ccccc2)CCN1c1ccc(Cl)nn1. The molecule has 0 bridgehead atoms. The fourth-order valence-electron chi connectivity index (χ4n) is 4.68. The van der Waals surface area contributed by atoms with Crippen LogP contribution in [-0.2, 0) is 4.79 Å². The molecule has 1 aromatic heterocycles. The molecule has 4 nitrogen and oxygen atoms in total. The molecule has 158 valence electrons. The van der Waals surface area contributed by atoms with Crippen LogP contribution in [0.2, 0.25) is 5.15 Å². The van der Waals surface area contributed by atoms with Crippen molar-refractivity contribution in [2.24, 2.45) is 0 Å². The number of benzene rings is 3. The van der Waals surface area contributed by atoms with E-state index in [1.807, 2.05) is 18.2 Å². The lowest BCUT2D eigenvalue weighted by Gasteiger charge is -2.31. The first kappa shape index (κ1) is 20.8. The third-order valence-electron chi connectivity index (χ3n) is 6.03. The van der Waals surface area contributed by atoms with Crippen LogP contribution >= 0.6 is 18.9 Å². The molecule has 0 spiro atoms. The lowest BCUT2D eigenvalue weighted by molar-refractivity contribution is -0.116. The van der Waals surface area contributed by atoms with E-state index in [2.05, 4.69) is 83.0 Å². The highest BCUT2D eigenvalue weighted by atomic mass is 35.5. The third-order valence-corrected chi connectivity index (χ3v) is 11.0. The van der Waals surface area contributed by atoms with Crippen molar-refractivity contribution in [2.45, 2.75) is 12.1 Å². The summed E-state index contributed by atoms with van der Waals surface area (Å²) in [7, 11) is -2.29. The zero-order valence-corrected chi connectivity index (χ0v) is 19.0. The molecule has 2 heterocycles. The zero-order valence-electron chi connectivity index (χ0n) is 17.4. The van der Waals surface area contributed by atoms with Gasteiger partial charge in [-0.2, -0.15) is 0 Å². The Hall–Kier alpha value is -3.07. The molecule has 0 saturated carbocycles. The van der Waals surface area contributed by atoms with E-state index in [1.54, 1.807) is 17.0 Å². The van der Waals surface area contributed by atoms with Gasteiger partial charge in [-0.25, -0.2) is 0 Å². The van der Waals surface area contributed by atoms with Crippen LogP contribution in [-0.4, -0.2) is 28.3 Å². The van der Waals surface area contributed by atoms with Gasteiger partial charge in [-0.05, 0) is 48.5 Å². The summed E-state index contributed by atoms with van der Waals surface area (Å²) in [5, 5.41) is 12.1. The third kappa shape index (κ3) is 3.50. The number of hydrogen-bond donors (Lipinski definition) is 0. The van der Waals surface area contributed by atoms with Crippen molar-refractivity contribution < 1.29 is 4.79 Å². The minimum absolute atomic E-state index is 0.0894. The van der Waals surface area contributed by atoms with E-state index in [1.165, 1.54) is 15.9 Å².